The number of aromatic nitrogens is 2. The van der Waals surface area contributed by atoms with Crippen LogP contribution in [0.5, 0.6) is 0 Å². The van der Waals surface area contributed by atoms with Crippen molar-refractivity contribution in [2.75, 3.05) is 6.26 Å². The van der Waals surface area contributed by atoms with E-state index in [4.69, 9.17) is 4.42 Å². The summed E-state index contributed by atoms with van der Waals surface area (Å²) in [4.78, 5) is 7.57. The molecule has 0 bridgehead atoms. The maximum Gasteiger partial charge on any atom is 0.315 e. The molecule has 0 unspecified atom stereocenters. The highest BCUT2D eigenvalue weighted by Gasteiger charge is 2.15. The zero-order valence-electron chi connectivity index (χ0n) is 6.76. The van der Waals surface area contributed by atoms with E-state index in [1.807, 2.05) is 0 Å². The average Bonchev–Trinajstić information content (AvgIpc) is 2.45. The summed E-state index contributed by atoms with van der Waals surface area (Å²) in [7, 11) is -3.37. The molecule has 0 aliphatic rings. The Morgan fingerprint density at radius 2 is 2.23 bits per heavy atom. The van der Waals surface area contributed by atoms with Crippen molar-refractivity contribution in [3.63, 3.8) is 0 Å². The van der Waals surface area contributed by atoms with Crippen molar-refractivity contribution in [3.8, 4) is 0 Å². The highest BCUT2D eigenvalue weighted by Crippen LogP contribution is 2.16. The number of nitrogens with zero attached hydrogens (tertiary/aromatic N) is 2. The van der Waals surface area contributed by atoms with Crippen molar-refractivity contribution >= 4 is 20.9 Å². The van der Waals surface area contributed by atoms with Crippen molar-refractivity contribution in [2.45, 2.75) is 5.22 Å². The van der Waals surface area contributed by atoms with Crippen LogP contribution in [0, 0.1) is 0 Å². The molecule has 2 aromatic rings. The standard InChI is InChI=1S/C7H6N2O3S/c1-13(10,11)7-9-5-2-3-8-4-6(5)12-7/h2-4H,1H3. The van der Waals surface area contributed by atoms with E-state index in [1.54, 1.807) is 6.07 Å². The number of fused-ring (bicyclic) bond motifs is 1. The third kappa shape index (κ3) is 1.40. The minimum absolute atomic E-state index is 0.268. The first-order chi connectivity index (χ1) is 6.07. The predicted molar refractivity (Wildman–Crippen MR) is 44.9 cm³/mol. The van der Waals surface area contributed by atoms with Crippen LogP contribution in [0.3, 0.4) is 0 Å². The van der Waals surface area contributed by atoms with Crippen LogP contribution in [-0.4, -0.2) is 24.6 Å². The molecule has 68 valence electrons. The monoisotopic (exact) mass is 198 g/mol. The second kappa shape index (κ2) is 2.53. The van der Waals surface area contributed by atoms with E-state index in [0.29, 0.717) is 11.1 Å². The Morgan fingerprint density at radius 3 is 2.85 bits per heavy atom. The topological polar surface area (TPSA) is 73.1 Å². The van der Waals surface area contributed by atoms with Gasteiger partial charge in [0.2, 0.25) is 9.84 Å². The van der Waals surface area contributed by atoms with Gasteiger partial charge in [0.1, 0.15) is 5.52 Å². The molecule has 0 aliphatic heterocycles. The van der Waals surface area contributed by atoms with Crippen LogP contribution in [-0.2, 0) is 9.84 Å². The lowest BCUT2D eigenvalue weighted by molar-refractivity contribution is 0.460. The number of hydrogen-bond donors (Lipinski definition) is 0. The Hall–Kier alpha value is -1.43. The largest absolute Gasteiger partial charge is 0.426 e. The molecule has 0 N–H and O–H groups in total. The zero-order valence-corrected chi connectivity index (χ0v) is 7.58. The van der Waals surface area contributed by atoms with E-state index in [1.165, 1.54) is 12.4 Å². The van der Waals surface area contributed by atoms with E-state index in [9.17, 15) is 8.42 Å². The normalized spacial score (nSPS) is 12.1. The van der Waals surface area contributed by atoms with E-state index in [-0.39, 0.29) is 5.22 Å². The molecule has 13 heavy (non-hydrogen) atoms. The molecule has 0 saturated heterocycles. The molecule has 0 aliphatic carbocycles. The molecular weight excluding hydrogens is 192 g/mol. The van der Waals surface area contributed by atoms with Gasteiger partial charge in [-0.1, -0.05) is 0 Å². The van der Waals surface area contributed by atoms with Gasteiger partial charge in [-0.25, -0.2) is 8.42 Å². The molecule has 6 heteroatoms. The highest BCUT2D eigenvalue weighted by molar-refractivity contribution is 7.90. The number of sulfone groups is 1. The first kappa shape index (κ1) is 8.18. The SMILES string of the molecule is CS(=O)(=O)c1nc2ccncc2o1. The fraction of sp³-hybridized carbons (Fsp3) is 0.143. The minimum atomic E-state index is -3.37. The number of pyridine rings is 1. The lowest BCUT2D eigenvalue weighted by Crippen LogP contribution is -1.96. The van der Waals surface area contributed by atoms with Gasteiger partial charge in [-0.2, -0.15) is 4.98 Å². The van der Waals surface area contributed by atoms with Crippen molar-refractivity contribution in [1.82, 2.24) is 9.97 Å². The molecule has 0 saturated carbocycles. The van der Waals surface area contributed by atoms with Crippen LogP contribution in [0.1, 0.15) is 0 Å². The van der Waals surface area contributed by atoms with Crippen LogP contribution < -0.4 is 0 Å². The smallest absolute Gasteiger partial charge is 0.315 e. The number of oxazole rings is 1. The van der Waals surface area contributed by atoms with E-state index in [0.717, 1.165) is 6.26 Å². The summed E-state index contributed by atoms with van der Waals surface area (Å²) in [6.45, 7) is 0. The van der Waals surface area contributed by atoms with Gasteiger partial charge in [-0.3, -0.25) is 4.98 Å². The van der Waals surface area contributed by atoms with Gasteiger partial charge >= 0.3 is 5.22 Å². The second-order valence-corrected chi connectivity index (χ2v) is 4.49. The third-order valence-corrected chi connectivity index (χ3v) is 2.30. The van der Waals surface area contributed by atoms with Gasteiger partial charge in [0.05, 0.1) is 6.20 Å². The van der Waals surface area contributed by atoms with Gasteiger partial charge in [0.15, 0.2) is 5.58 Å². The van der Waals surface area contributed by atoms with Crippen molar-refractivity contribution in [1.29, 1.82) is 0 Å². The average molecular weight is 198 g/mol. The van der Waals surface area contributed by atoms with Crippen LogP contribution in [0.2, 0.25) is 0 Å². The molecule has 0 spiro atoms. The fourth-order valence-corrected chi connectivity index (χ4v) is 1.42. The van der Waals surface area contributed by atoms with Crippen LogP contribution in [0.25, 0.3) is 11.1 Å². The van der Waals surface area contributed by atoms with Crippen LogP contribution in [0.4, 0.5) is 0 Å². The molecule has 2 heterocycles. The van der Waals surface area contributed by atoms with Crippen molar-refractivity contribution in [3.05, 3.63) is 18.5 Å². The summed E-state index contributed by atoms with van der Waals surface area (Å²) < 4.78 is 27.0. The van der Waals surface area contributed by atoms with E-state index in [2.05, 4.69) is 9.97 Å². The lowest BCUT2D eigenvalue weighted by Gasteiger charge is -1.84. The second-order valence-electron chi connectivity index (χ2n) is 2.60. The fourth-order valence-electron chi connectivity index (χ4n) is 0.917. The Labute approximate surface area is 74.3 Å². The van der Waals surface area contributed by atoms with Gasteiger partial charge < -0.3 is 4.42 Å². The van der Waals surface area contributed by atoms with Crippen LogP contribution >= 0.6 is 0 Å². The molecule has 0 amide bonds. The lowest BCUT2D eigenvalue weighted by atomic mass is 10.4. The molecule has 0 aromatic carbocycles. The number of hydrogen-bond acceptors (Lipinski definition) is 5. The Balaban J connectivity index is 2.77. The van der Waals surface area contributed by atoms with Crippen molar-refractivity contribution < 1.29 is 12.8 Å². The van der Waals surface area contributed by atoms with Gasteiger partial charge in [-0.05, 0) is 6.07 Å². The minimum Gasteiger partial charge on any atom is -0.426 e. The molecule has 0 fully saturated rings. The summed E-state index contributed by atoms with van der Waals surface area (Å²) in [5.41, 5.74) is 0.873. The summed E-state index contributed by atoms with van der Waals surface area (Å²) in [5, 5.41) is -0.268. The molecule has 2 rings (SSSR count). The molecule has 5 nitrogen and oxygen atoms in total. The summed E-state index contributed by atoms with van der Waals surface area (Å²) in [5.74, 6) is 0. The third-order valence-electron chi connectivity index (χ3n) is 1.49. The summed E-state index contributed by atoms with van der Waals surface area (Å²) >= 11 is 0. The Kier molecular flexibility index (Phi) is 1.59. The maximum absolute atomic E-state index is 11.0. The zero-order chi connectivity index (χ0) is 9.47. The molecule has 0 atom stereocenters. The molecular formula is C7H6N2O3S. The quantitative estimate of drug-likeness (QED) is 0.671. The Morgan fingerprint density at radius 1 is 1.46 bits per heavy atom. The van der Waals surface area contributed by atoms with Crippen LogP contribution in [0.15, 0.2) is 28.1 Å². The first-order valence-corrected chi connectivity index (χ1v) is 5.37. The molecule has 2 aromatic heterocycles. The predicted octanol–water partition coefficient (Wildman–Crippen LogP) is 0.626. The number of rotatable bonds is 1. The Bertz CT molecular complexity index is 511. The maximum atomic E-state index is 11.0. The van der Waals surface area contributed by atoms with E-state index < -0.39 is 9.84 Å². The first-order valence-electron chi connectivity index (χ1n) is 3.48. The van der Waals surface area contributed by atoms with Crippen molar-refractivity contribution in [2.24, 2.45) is 0 Å². The molecule has 0 radical (unpaired) electrons. The summed E-state index contributed by atoms with van der Waals surface area (Å²) in [6.07, 6.45) is 4.00. The van der Waals surface area contributed by atoms with E-state index >= 15 is 0 Å². The highest BCUT2D eigenvalue weighted by atomic mass is 32.2. The van der Waals surface area contributed by atoms with Gasteiger partial charge in [0, 0.05) is 12.5 Å². The van der Waals surface area contributed by atoms with Gasteiger partial charge in [-0.15, -0.1) is 0 Å². The summed E-state index contributed by atoms with van der Waals surface area (Å²) in [6, 6.07) is 1.59. The van der Waals surface area contributed by atoms with Gasteiger partial charge in [0.25, 0.3) is 0 Å².